The summed E-state index contributed by atoms with van der Waals surface area (Å²) in [5, 5.41) is 0. The number of benzene rings is 1. The van der Waals surface area contributed by atoms with E-state index in [0.29, 0.717) is 17.6 Å². The van der Waals surface area contributed by atoms with Crippen LogP contribution < -0.4 is 4.74 Å². The van der Waals surface area contributed by atoms with Crippen molar-refractivity contribution in [1.82, 2.24) is 4.90 Å². The van der Waals surface area contributed by atoms with Gasteiger partial charge in [0.2, 0.25) is 0 Å². The quantitative estimate of drug-likeness (QED) is 0.781. The first-order chi connectivity index (χ1) is 9.31. The molecular weight excluding hydrogens is 242 g/mol. The lowest BCUT2D eigenvalue weighted by atomic mass is 10.2. The van der Waals surface area contributed by atoms with Gasteiger partial charge in [0.15, 0.2) is 6.29 Å². The van der Waals surface area contributed by atoms with Crippen molar-refractivity contribution in [3.8, 4) is 5.75 Å². The average Bonchev–Trinajstić information content (AvgIpc) is 2.73. The molecule has 102 valence electrons. The molecule has 0 radical (unpaired) electrons. The predicted octanol–water partition coefficient (Wildman–Crippen LogP) is 2.28. The molecule has 0 N–H and O–H groups in total. The fourth-order valence-corrected chi connectivity index (χ4v) is 2.31. The van der Waals surface area contributed by atoms with Gasteiger partial charge < -0.3 is 9.64 Å². The lowest BCUT2D eigenvalue weighted by molar-refractivity contribution is -0.109. The van der Waals surface area contributed by atoms with Gasteiger partial charge in [-0.1, -0.05) is 18.9 Å². The second-order valence-electron chi connectivity index (χ2n) is 4.71. The van der Waals surface area contributed by atoms with Gasteiger partial charge in [0.1, 0.15) is 12.4 Å². The van der Waals surface area contributed by atoms with Gasteiger partial charge in [-0.2, -0.15) is 0 Å². The van der Waals surface area contributed by atoms with Crippen LogP contribution in [-0.4, -0.2) is 36.8 Å². The fourth-order valence-electron chi connectivity index (χ4n) is 2.31. The van der Waals surface area contributed by atoms with E-state index in [0.717, 1.165) is 25.9 Å². The molecule has 1 aliphatic rings. The van der Waals surface area contributed by atoms with Crippen molar-refractivity contribution in [1.29, 1.82) is 0 Å². The van der Waals surface area contributed by atoms with E-state index in [9.17, 15) is 9.59 Å². The van der Waals surface area contributed by atoms with E-state index >= 15 is 0 Å². The Kier molecular flexibility index (Phi) is 4.95. The Labute approximate surface area is 113 Å². The third kappa shape index (κ3) is 3.81. The third-order valence-corrected chi connectivity index (χ3v) is 3.29. The second kappa shape index (κ2) is 6.92. The van der Waals surface area contributed by atoms with Crippen LogP contribution in [0.25, 0.3) is 0 Å². The molecule has 1 heterocycles. The van der Waals surface area contributed by atoms with E-state index in [2.05, 4.69) is 0 Å². The highest BCUT2D eigenvalue weighted by molar-refractivity contribution is 5.94. The normalized spacial score (nSPS) is 15.7. The Bertz CT molecular complexity index is 437. The van der Waals surface area contributed by atoms with E-state index in [1.54, 1.807) is 24.3 Å². The van der Waals surface area contributed by atoms with Crippen molar-refractivity contribution in [3.05, 3.63) is 29.8 Å². The number of hydrogen-bond donors (Lipinski definition) is 0. The Morgan fingerprint density at radius 2 is 1.95 bits per heavy atom. The monoisotopic (exact) mass is 261 g/mol. The van der Waals surface area contributed by atoms with Crippen LogP contribution in [0.1, 0.15) is 36.0 Å². The van der Waals surface area contributed by atoms with Crippen LogP contribution in [0.3, 0.4) is 0 Å². The molecule has 1 aliphatic heterocycles. The molecular formula is C15H19NO3. The first-order valence-electron chi connectivity index (χ1n) is 6.77. The van der Waals surface area contributed by atoms with Gasteiger partial charge in [0, 0.05) is 18.7 Å². The number of ether oxygens (including phenoxy) is 1. The molecule has 4 nitrogen and oxygen atoms in total. The fraction of sp³-hybridized carbons (Fsp3) is 0.467. The van der Waals surface area contributed by atoms with Gasteiger partial charge in [-0.15, -0.1) is 0 Å². The molecule has 4 heteroatoms. The number of nitrogens with zero attached hydrogens (tertiary/aromatic N) is 1. The Morgan fingerprint density at radius 1 is 1.21 bits per heavy atom. The van der Waals surface area contributed by atoms with E-state index in [4.69, 9.17) is 4.74 Å². The average molecular weight is 261 g/mol. The molecule has 0 spiro atoms. The molecule has 1 saturated heterocycles. The van der Waals surface area contributed by atoms with Gasteiger partial charge in [0.25, 0.3) is 5.91 Å². The summed E-state index contributed by atoms with van der Waals surface area (Å²) in [6.07, 6.45) is 5.25. The highest BCUT2D eigenvalue weighted by Crippen LogP contribution is 2.17. The first kappa shape index (κ1) is 13.6. The molecule has 1 aromatic carbocycles. The highest BCUT2D eigenvalue weighted by atomic mass is 16.5. The van der Waals surface area contributed by atoms with Crippen molar-refractivity contribution in [2.45, 2.75) is 25.7 Å². The minimum atomic E-state index is 0.0152. The molecule has 0 atom stereocenters. The number of rotatable bonds is 4. The number of carbonyl (C=O) groups excluding carboxylic acids is 2. The smallest absolute Gasteiger partial charge is 0.253 e. The van der Waals surface area contributed by atoms with Crippen molar-refractivity contribution < 1.29 is 14.3 Å². The minimum Gasteiger partial charge on any atom is -0.486 e. The van der Waals surface area contributed by atoms with Crippen LogP contribution in [0.5, 0.6) is 5.75 Å². The Morgan fingerprint density at radius 3 is 2.63 bits per heavy atom. The second-order valence-corrected chi connectivity index (χ2v) is 4.71. The molecule has 0 unspecified atom stereocenters. The summed E-state index contributed by atoms with van der Waals surface area (Å²) < 4.78 is 5.22. The molecule has 0 aliphatic carbocycles. The standard InChI is InChI=1S/C15H19NO3/c17-10-11-19-14-7-5-6-13(12-14)15(18)16-8-3-1-2-4-9-16/h5-7,10,12H,1-4,8-9,11H2. The lowest BCUT2D eigenvalue weighted by Crippen LogP contribution is -2.31. The number of likely N-dealkylation sites (tertiary alicyclic amines) is 1. The maximum Gasteiger partial charge on any atom is 0.253 e. The molecule has 1 aromatic rings. The molecule has 19 heavy (non-hydrogen) atoms. The molecule has 0 bridgehead atoms. The van der Waals surface area contributed by atoms with Gasteiger partial charge in [-0.05, 0) is 31.0 Å². The van der Waals surface area contributed by atoms with Gasteiger partial charge in [0.05, 0.1) is 0 Å². The SMILES string of the molecule is O=CCOc1cccc(C(=O)N2CCCCCC2)c1. The maximum absolute atomic E-state index is 12.4. The van der Waals surface area contributed by atoms with E-state index in [-0.39, 0.29) is 12.5 Å². The zero-order chi connectivity index (χ0) is 13.5. The topological polar surface area (TPSA) is 46.6 Å². The number of hydrogen-bond acceptors (Lipinski definition) is 3. The van der Waals surface area contributed by atoms with E-state index in [1.807, 2.05) is 4.90 Å². The summed E-state index contributed by atoms with van der Waals surface area (Å²) in [5.74, 6) is 0.617. The zero-order valence-corrected chi connectivity index (χ0v) is 11.0. The Hall–Kier alpha value is -1.84. The van der Waals surface area contributed by atoms with Gasteiger partial charge >= 0.3 is 0 Å². The minimum absolute atomic E-state index is 0.0152. The molecule has 1 fully saturated rings. The van der Waals surface area contributed by atoms with Crippen LogP contribution in [-0.2, 0) is 4.79 Å². The van der Waals surface area contributed by atoms with Crippen LogP contribution in [0.15, 0.2) is 24.3 Å². The van der Waals surface area contributed by atoms with Crippen molar-refractivity contribution in [2.24, 2.45) is 0 Å². The largest absolute Gasteiger partial charge is 0.486 e. The molecule has 0 saturated carbocycles. The summed E-state index contributed by atoms with van der Waals surface area (Å²) in [6, 6.07) is 7.03. The third-order valence-electron chi connectivity index (χ3n) is 3.29. The predicted molar refractivity (Wildman–Crippen MR) is 72.4 cm³/mol. The van der Waals surface area contributed by atoms with Crippen molar-refractivity contribution in [2.75, 3.05) is 19.7 Å². The van der Waals surface area contributed by atoms with Crippen molar-refractivity contribution in [3.63, 3.8) is 0 Å². The summed E-state index contributed by atoms with van der Waals surface area (Å²) in [4.78, 5) is 24.6. The van der Waals surface area contributed by atoms with E-state index in [1.165, 1.54) is 12.8 Å². The zero-order valence-electron chi connectivity index (χ0n) is 11.0. The number of carbonyl (C=O) groups is 2. The van der Waals surface area contributed by atoms with Crippen LogP contribution >= 0.6 is 0 Å². The van der Waals surface area contributed by atoms with Crippen LogP contribution in [0, 0.1) is 0 Å². The molecule has 0 aromatic heterocycles. The van der Waals surface area contributed by atoms with Gasteiger partial charge in [-0.3, -0.25) is 9.59 Å². The molecule has 1 amide bonds. The van der Waals surface area contributed by atoms with Gasteiger partial charge in [-0.25, -0.2) is 0 Å². The summed E-state index contributed by atoms with van der Waals surface area (Å²) >= 11 is 0. The maximum atomic E-state index is 12.4. The summed E-state index contributed by atoms with van der Waals surface area (Å²) in [5.41, 5.74) is 0.630. The summed E-state index contributed by atoms with van der Waals surface area (Å²) in [7, 11) is 0. The first-order valence-corrected chi connectivity index (χ1v) is 6.77. The van der Waals surface area contributed by atoms with Crippen molar-refractivity contribution >= 4 is 12.2 Å². The van der Waals surface area contributed by atoms with E-state index < -0.39 is 0 Å². The Balaban J connectivity index is 2.06. The van der Waals surface area contributed by atoms with Crippen LogP contribution in [0.4, 0.5) is 0 Å². The molecule has 2 rings (SSSR count). The number of amides is 1. The summed E-state index contributed by atoms with van der Waals surface area (Å²) in [6.45, 7) is 1.68. The highest BCUT2D eigenvalue weighted by Gasteiger charge is 2.17. The number of aldehydes is 1. The van der Waals surface area contributed by atoms with Crippen LogP contribution in [0.2, 0.25) is 0 Å². The lowest BCUT2D eigenvalue weighted by Gasteiger charge is -2.20.